The number of pyridine rings is 1. The number of rotatable bonds is 5. The van der Waals surface area contributed by atoms with Gasteiger partial charge in [0.05, 0.1) is 4.92 Å². The van der Waals surface area contributed by atoms with Crippen molar-refractivity contribution in [3.05, 3.63) is 27.9 Å². The van der Waals surface area contributed by atoms with Gasteiger partial charge in [0.1, 0.15) is 0 Å². The largest absolute Gasteiger partial charge is 0.409 e. The van der Waals surface area contributed by atoms with E-state index in [0.29, 0.717) is 5.03 Å². The summed E-state index contributed by atoms with van der Waals surface area (Å²) in [6.07, 6.45) is 2.23. The van der Waals surface area contributed by atoms with Gasteiger partial charge in [0.15, 0.2) is 10.9 Å². The summed E-state index contributed by atoms with van der Waals surface area (Å²) in [5.41, 5.74) is 5.46. The minimum atomic E-state index is -0.522. The Kier molecular flexibility index (Phi) is 4.90. The molecular formula is C10H14N4O3S. The summed E-state index contributed by atoms with van der Waals surface area (Å²) >= 11 is 1.33. The molecule has 0 saturated heterocycles. The van der Waals surface area contributed by atoms with E-state index >= 15 is 0 Å². The van der Waals surface area contributed by atoms with E-state index in [4.69, 9.17) is 10.9 Å². The number of nitrogens with zero attached hydrogens (tertiary/aromatic N) is 3. The first kappa shape index (κ1) is 14.2. The monoisotopic (exact) mass is 270 g/mol. The van der Waals surface area contributed by atoms with Gasteiger partial charge in [-0.3, -0.25) is 10.1 Å². The summed E-state index contributed by atoms with van der Waals surface area (Å²) in [6.45, 7) is 3.96. The molecule has 7 nitrogen and oxygen atoms in total. The zero-order valence-corrected chi connectivity index (χ0v) is 10.8. The van der Waals surface area contributed by atoms with Gasteiger partial charge < -0.3 is 10.9 Å². The van der Waals surface area contributed by atoms with E-state index < -0.39 is 4.92 Å². The third-order valence-electron chi connectivity index (χ3n) is 2.32. The van der Waals surface area contributed by atoms with Crippen molar-refractivity contribution in [1.82, 2.24) is 4.98 Å². The summed E-state index contributed by atoms with van der Waals surface area (Å²) in [5.74, 6) is -0.203. The molecule has 0 aromatic carbocycles. The number of hydrogen-bond donors (Lipinski definition) is 2. The van der Waals surface area contributed by atoms with E-state index in [1.54, 1.807) is 0 Å². The molecule has 0 aliphatic rings. The summed E-state index contributed by atoms with van der Waals surface area (Å²) in [7, 11) is 0. The summed E-state index contributed by atoms with van der Waals surface area (Å²) in [6, 6.07) is 1.26. The van der Waals surface area contributed by atoms with Crippen LogP contribution in [-0.4, -0.2) is 26.2 Å². The van der Waals surface area contributed by atoms with E-state index in [2.05, 4.69) is 10.1 Å². The molecule has 0 amide bonds. The Balaban J connectivity index is 3.16. The zero-order valence-electron chi connectivity index (χ0n) is 10.0. The van der Waals surface area contributed by atoms with Crippen molar-refractivity contribution in [2.75, 3.05) is 0 Å². The molecule has 3 N–H and O–H groups in total. The number of hydrogen-bond acceptors (Lipinski definition) is 6. The summed E-state index contributed by atoms with van der Waals surface area (Å²) < 4.78 is 0. The molecule has 18 heavy (non-hydrogen) atoms. The van der Waals surface area contributed by atoms with E-state index in [0.717, 1.165) is 6.42 Å². The standard InChI is InChI=1S/C10H14N4O3S/c1-3-6(2)18-10-8(14(16)17)4-7(5-12-10)9(11)13-15/h4-6,15H,3H2,1-2H3,(H2,11,13). The highest BCUT2D eigenvalue weighted by molar-refractivity contribution is 8.00. The minimum absolute atomic E-state index is 0.135. The van der Waals surface area contributed by atoms with Gasteiger partial charge in [0.2, 0.25) is 0 Å². The van der Waals surface area contributed by atoms with Crippen LogP contribution >= 0.6 is 11.8 Å². The van der Waals surface area contributed by atoms with Gasteiger partial charge in [-0.15, -0.1) is 0 Å². The summed E-state index contributed by atoms with van der Waals surface area (Å²) in [5, 5.41) is 22.8. The minimum Gasteiger partial charge on any atom is -0.409 e. The molecule has 1 aromatic heterocycles. The highest BCUT2D eigenvalue weighted by atomic mass is 32.2. The molecule has 8 heteroatoms. The molecule has 1 unspecified atom stereocenters. The van der Waals surface area contributed by atoms with Crippen LogP contribution < -0.4 is 5.73 Å². The molecule has 0 spiro atoms. The lowest BCUT2D eigenvalue weighted by molar-refractivity contribution is -0.388. The Bertz CT molecular complexity index is 478. The van der Waals surface area contributed by atoms with Gasteiger partial charge in [-0.1, -0.05) is 30.8 Å². The van der Waals surface area contributed by atoms with Crippen molar-refractivity contribution in [1.29, 1.82) is 0 Å². The van der Waals surface area contributed by atoms with Gasteiger partial charge >= 0.3 is 5.69 Å². The molecule has 0 saturated carbocycles. The van der Waals surface area contributed by atoms with Crippen LogP contribution in [0.3, 0.4) is 0 Å². The van der Waals surface area contributed by atoms with Crippen LogP contribution in [0.2, 0.25) is 0 Å². The number of nitro groups is 1. The van der Waals surface area contributed by atoms with E-state index in [-0.39, 0.29) is 22.3 Å². The lowest BCUT2D eigenvalue weighted by atomic mass is 10.2. The first-order valence-corrected chi connectivity index (χ1v) is 6.16. The molecule has 1 atom stereocenters. The van der Waals surface area contributed by atoms with Crippen molar-refractivity contribution in [3.63, 3.8) is 0 Å². The average molecular weight is 270 g/mol. The van der Waals surface area contributed by atoms with Crippen LogP contribution in [0.15, 0.2) is 22.4 Å². The van der Waals surface area contributed by atoms with Crippen molar-refractivity contribution < 1.29 is 10.1 Å². The first-order valence-electron chi connectivity index (χ1n) is 5.28. The highest BCUT2D eigenvalue weighted by Crippen LogP contribution is 2.31. The van der Waals surface area contributed by atoms with Gasteiger partial charge in [-0.05, 0) is 6.42 Å². The van der Waals surface area contributed by atoms with Crippen LogP contribution in [0.25, 0.3) is 0 Å². The van der Waals surface area contributed by atoms with Crippen LogP contribution in [0.4, 0.5) is 5.69 Å². The van der Waals surface area contributed by atoms with Gasteiger partial charge in [-0.25, -0.2) is 4.98 Å². The first-order chi connectivity index (χ1) is 8.49. The molecule has 1 aromatic rings. The number of aromatic nitrogens is 1. The lowest BCUT2D eigenvalue weighted by Gasteiger charge is -2.08. The number of nitrogens with two attached hydrogens (primary N) is 1. The SMILES string of the molecule is CCC(C)Sc1ncc(C(N)=NO)cc1[N+](=O)[O-]. The molecule has 0 bridgehead atoms. The summed E-state index contributed by atoms with van der Waals surface area (Å²) in [4.78, 5) is 14.4. The fourth-order valence-electron chi connectivity index (χ4n) is 1.13. The predicted octanol–water partition coefficient (Wildman–Crippen LogP) is 1.97. The third-order valence-corrected chi connectivity index (χ3v) is 3.59. The topological polar surface area (TPSA) is 115 Å². The van der Waals surface area contributed by atoms with Crippen molar-refractivity contribution in [3.8, 4) is 0 Å². The fourth-order valence-corrected chi connectivity index (χ4v) is 2.05. The van der Waals surface area contributed by atoms with Crippen LogP contribution in [-0.2, 0) is 0 Å². The Morgan fingerprint density at radius 2 is 2.44 bits per heavy atom. The normalized spacial score (nSPS) is 13.3. The molecule has 1 rings (SSSR count). The maximum atomic E-state index is 11.0. The third kappa shape index (κ3) is 3.33. The van der Waals surface area contributed by atoms with Gasteiger partial charge in [0.25, 0.3) is 0 Å². The number of amidine groups is 1. The lowest BCUT2D eigenvalue weighted by Crippen LogP contribution is -2.14. The quantitative estimate of drug-likeness (QED) is 0.211. The highest BCUT2D eigenvalue weighted by Gasteiger charge is 2.19. The Morgan fingerprint density at radius 3 is 2.94 bits per heavy atom. The van der Waals surface area contributed by atoms with Crippen molar-refractivity contribution in [2.24, 2.45) is 10.9 Å². The van der Waals surface area contributed by atoms with Crippen LogP contribution in [0.1, 0.15) is 25.8 Å². The van der Waals surface area contributed by atoms with E-state index in [1.807, 2.05) is 13.8 Å². The molecule has 0 aliphatic heterocycles. The number of oxime groups is 1. The van der Waals surface area contributed by atoms with Crippen molar-refractivity contribution >= 4 is 23.3 Å². The molecule has 98 valence electrons. The smallest absolute Gasteiger partial charge is 0.302 e. The molecule has 0 fully saturated rings. The fraction of sp³-hybridized carbons (Fsp3) is 0.400. The molecular weight excluding hydrogens is 256 g/mol. The average Bonchev–Trinajstić information content (AvgIpc) is 2.37. The number of thioether (sulfide) groups is 1. The maximum Gasteiger partial charge on any atom is 0.302 e. The van der Waals surface area contributed by atoms with Crippen molar-refractivity contribution in [2.45, 2.75) is 30.5 Å². The Morgan fingerprint density at radius 1 is 1.78 bits per heavy atom. The predicted molar refractivity (Wildman–Crippen MR) is 69.0 cm³/mol. The molecule has 1 heterocycles. The van der Waals surface area contributed by atoms with Gasteiger partial charge in [-0.2, -0.15) is 0 Å². The molecule has 0 aliphatic carbocycles. The van der Waals surface area contributed by atoms with Crippen LogP contribution in [0, 0.1) is 10.1 Å². The Hall–Kier alpha value is -1.83. The van der Waals surface area contributed by atoms with E-state index in [1.165, 1.54) is 24.0 Å². The Labute approximate surface area is 108 Å². The second-order valence-electron chi connectivity index (χ2n) is 3.63. The maximum absolute atomic E-state index is 11.0. The zero-order chi connectivity index (χ0) is 13.7. The van der Waals surface area contributed by atoms with E-state index in [9.17, 15) is 10.1 Å². The second kappa shape index (κ2) is 6.20. The van der Waals surface area contributed by atoms with Gasteiger partial charge in [0, 0.05) is 23.1 Å². The van der Waals surface area contributed by atoms with Crippen LogP contribution in [0.5, 0.6) is 0 Å². The second-order valence-corrected chi connectivity index (χ2v) is 5.05. The molecule has 0 radical (unpaired) electrons.